The Bertz CT molecular complexity index is 606. The van der Waals surface area contributed by atoms with E-state index >= 15 is 0 Å². The highest BCUT2D eigenvalue weighted by Crippen LogP contribution is 2.20. The summed E-state index contributed by atoms with van der Waals surface area (Å²) in [7, 11) is 0. The van der Waals surface area contributed by atoms with E-state index in [0.29, 0.717) is 12.5 Å². The van der Waals surface area contributed by atoms with Gasteiger partial charge >= 0.3 is 0 Å². The fourth-order valence-electron chi connectivity index (χ4n) is 3.32. The lowest BCUT2D eigenvalue weighted by molar-refractivity contribution is -0.121. The van der Waals surface area contributed by atoms with Gasteiger partial charge in [-0.05, 0) is 29.2 Å². The first kappa shape index (κ1) is 14.1. The van der Waals surface area contributed by atoms with Crippen LogP contribution in [0.5, 0.6) is 0 Å². The SMILES string of the molecule is O=C(Cc1cccc2ccccc12)NC1CCCCCC1. The quantitative estimate of drug-likeness (QED) is 0.838. The van der Waals surface area contributed by atoms with Crippen LogP contribution in [0.25, 0.3) is 10.8 Å². The Morgan fingerprint density at radius 3 is 2.48 bits per heavy atom. The first-order chi connectivity index (χ1) is 10.3. The highest BCUT2D eigenvalue weighted by Gasteiger charge is 2.15. The molecule has 0 heterocycles. The van der Waals surface area contributed by atoms with Crippen LogP contribution in [0.15, 0.2) is 42.5 Å². The minimum Gasteiger partial charge on any atom is -0.353 e. The van der Waals surface area contributed by atoms with Crippen LogP contribution in [0.3, 0.4) is 0 Å². The summed E-state index contributed by atoms with van der Waals surface area (Å²) in [5.74, 6) is 0.165. The molecule has 0 radical (unpaired) electrons. The van der Waals surface area contributed by atoms with E-state index in [4.69, 9.17) is 0 Å². The second-order valence-electron chi connectivity index (χ2n) is 6.07. The van der Waals surface area contributed by atoms with Gasteiger partial charge in [-0.25, -0.2) is 0 Å². The molecule has 1 saturated carbocycles. The van der Waals surface area contributed by atoms with E-state index in [0.717, 1.165) is 18.4 Å². The van der Waals surface area contributed by atoms with Crippen molar-refractivity contribution >= 4 is 16.7 Å². The maximum atomic E-state index is 12.3. The molecule has 110 valence electrons. The lowest BCUT2D eigenvalue weighted by Crippen LogP contribution is -2.35. The summed E-state index contributed by atoms with van der Waals surface area (Å²) in [4.78, 5) is 12.3. The minimum atomic E-state index is 0.165. The van der Waals surface area contributed by atoms with Crippen LogP contribution < -0.4 is 5.32 Å². The zero-order chi connectivity index (χ0) is 14.5. The van der Waals surface area contributed by atoms with Crippen LogP contribution in [0.2, 0.25) is 0 Å². The van der Waals surface area contributed by atoms with E-state index in [-0.39, 0.29) is 5.91 Å². The molecule has 0 bridgehead atoms. The second-order valence-corrected chi connectivity index (χ2v) is 6.07. The summed E-state index contributed by atoms with van der Waals surface area (Å²) >= 11 is 0. The largest absolute Gasteiger partial charge is 0.353 e. The van der Waals surface area contributed by atoms with E-state index in [1.165, 1.54) is 36.5 Å². The third-order valence-corrected chi connectivity index (χ3v) is 4.45. The van der Waals surface area contributed by atoms with Crippen molar-refractivity contribution in [1.29, 1.82) is 0 Å². The Hall–Kier alpha value is -1.83. The van der Waals surface area contributed by atoms with Gasteiger partial charge in [-0.2, -0.15) is 0 Å². The van der Waals surface area contributed by atoms with Gasteiger partial charge in [0, 0.05) is 6.04 Å². The number of fused-ring (bicyclic) bond motifs is 1. The topological polar surface area (TPSA) is 29.1 Å². The maximum absolute atomic E-state index is 12.3. The highest BCUT2D eigenvalue weighted by molar-refractivity contribution is 5.90. The Kier molecular flexibility index (Phi) is 4.54. The van der Waals surface area contributed by atoms with Crippen molar-refractivity contribution in [2.24, 2.45) is 0 Å². The van der Waals surface area contributed by atoms with Crippen LogP contribution in [0.4, 0.5) is 0 Å². The van der Waals surface area contributed by atoms with Crippen molar-refractivity contribution in [1.82, 2.24) is 5.32 Å². The molecule has 0 aromatic heterocycles. The van der Waals surface area contributed by atoms with Crippen LogP contribution in [0, 0.1) is 0 Å². The lowest BCUT2D eigenvalue weighted by atomic mass is 10.0. The zero-order valence-electron chi connectivity index (χ0n) is 12.5. The van der Waals surface area contributed by atoms with Gasteiger partial charge in [0.2, 0.25) is 5.91 Å². The van der Waals surface area contributed by atoms with Crippen molar-refractivity contribution < 1.29 is 4.79 Å². The summed E-state index contributed by atoms with van der Waals surface area (Å²) in [5.41, 5.74) is 1.12. The van der Waals surface area contributed by atoms with E-state index in [2.05, 4.69) is 29.6 Å². The molecule has 1 fully saturated rings. The van der Waals surface area contributed by atoms with Crippen LogP contribution in [0.1, 0.15) is 44.1 Å². The third-order valence-electron chi connectivity index (χ3n) is 4.45. The molecule has 0 unspecified atom stereocenters. The van der Waals surface area contributed by atoms with Crippen molar-refractivity contribution in [2.75, 3.05) is 0 Å². The number of amides is 1. The van der Waals surface area contributed by atoms with Gasteiger partial charge in [0.15, 0.2) is 0 Å². The van der Waals surface area contributed by atoms with Gasteiger partial charge in [-0.1, -0.05) is 68.1 Å². The molecule has 2 aromatic rings. The number of carbonyl (C=O) groups excluding carboxylic acids is 1. The number of nitrogens with one attached hydrogen (secondary N) is 1. The van der Waals surface area contributed by atoms with Crippen LogP contribution in [-0.4, -0.2) is 11.9 Å². The predicted octanol–water partition coefficient (Wildman–Crippen LogP) is 4.22. The second kappa shape index (κ2) is 6.75. The van der Waals surface area contributed by atoms with Gasteiger partial charge in [0.25, 0.3) is 0 Å². The lowest BCUT2D eigenvalue weighted by Gasteiger charge is -2.16. The minimum absolute atomic E-state index is 0.165. The molecule has 1 N–H and O–H groups in total. The normalized spacial score (nSPS) is 16.6. The fourth-order valence-corrected chi connectivity index (χ4v) is 3.32. The molecule has 2 aromatic carbocycles. The first-order valence-electron chi connectivity index (χ1n) is 8.09. The van der Waals surface area contributed by atoms with E-state index in [9.17, 15) is 4.79 Å². The number of benzene rings is 2. The average Bonchev–Trinajstić information content (AvgIpc) is 2.76. The molecular weight excluding hydrogens is 258 g/mol. The standard InChI is InChI=1S/C19H23NO/c21-19(20-17-11-3-1-2-4-12-17)14-16-10-7-9-15-8-5-6-13-18(15)16/h5-10,13,17H,1-4,11-12,14H2,(H,20,21). The molecule has 3 rings (SSSR count). The van der Waals surface area contributed by atoms with Gasteiger partial charge in [0.1, 0.15) is 0 Å². The van der Waals surface area contributed by atoms with E-state index in [1.54, 1.807) is 0 Å². The Morgan fingerprint density at radius 1 is 0.952 bits per heavy atom. The molecular formula is C19H23NO. The summed E-state index contributed by atoms with van der Waals surface area (Å²) in [6.45, 7) is 0. The monoisotopic (exact) mass is 281 g/mol. The summed E-state index contributed by atoms with van der Waals surface area (Å²) in [6.07, 6.45) is 7.89. The van der Waals surface area contributed by atoms with Gasteiger partial charge in [-0.3, -0.25) is 4.79 Å². The summed E-state index contributed by atoms with van der Waals surface area (Å²) in [6, 6.07) is 14.9. The number of hydrogen-bond donors (Lipinski definition) is 1. The molecule has 2 nitrogen and oxygen atoms in total. The third kappa shape index (κ3) is 3.63. The number of rotatable bonds is 3. The molecule has 2 heteroatoms. The van der Waals surface area contributed by atoms with Crippen molar-refractivity contribution in [2.45, 2.75) is 51.0 Å². The molecule has 21 heavy (non-hydrogen) atoms. The van der Waals surface area contributed by atoms with E-state index < -0.39 is 0 Å². The molecule has 0 spiro atoms. The van der Waals surface area contributed by atoms with Crippen molar-refractivity contribution in [3.63, 3.8) is 0 Å². The van der Waals surface area contributed by atoms with Crippen LogP contribution >= 0.6 is 0 Å². The summed E-state index contributed by atoms with van der Waals surface area (Å²) in [5, 5.41) is 5.63. The molecule has 1 aliphatic rings. The molecule has 1 aliphatic carbocycles. The highest BCUT2D eigenvalue weighted by atomic mass is 16.1. The number of hydrogen-bond acceptors (Lipinski definition) is 1. The first-order valence-corrected chi connectivity index (χ1v) is 8.09. The Balaban J connectivity index is 1.68. The van der Waals surface area contributed by atoms with E-state index in [1.807, 2.05) is 18.2 Å². The smallest absolute Gasteiger partial charge is 0.224 e. The fraction of sp³-hybridized carbons (Fsp3) is 0.421. The average molecular weight is 281 g/mol. The van der Waals surface area contributed by atoms with Crippen molar-refractivity contribution in [3.8, 4) is 0 Å². The molecule has 0 atom stereocenters. The molecule has 0 aliphatic heterocycles. The molecule has 1 amide bonds. The predicted molar refractivity (Wildman–Crippen MR) is 87.3 cm³/mol. The molecule has 0 saturated heterocycles. The van der Waals surface area contributed by atoms with Crippen molar-refractivity contribution in [3.05, 3.63) is 48.0 Å². The summed E-state index contributed by atoms with van der Waals surface area (Å²) < 4.78 is 0. The Morgan fingerprint density at radius 2 is 1.67 bits per heavy atom. The number of carbonyl (C=O) groups is 1. The van der Waals surface area contributed by atoms with Gasteiger partial charge in [-0.15, -0.1) is 0 Å². The maximum Gasteiger partial charge on any atom is 0.224 e. The van der Waals surface area contributed by atoms with Crippen LogP contribution in [-0.2, 0) is 11.2 Å². The van der Waals surface area contributed by atoms with Gasteiger partial charge in [0.05, 0.1) is 6.42 Å². The Labute approximate surface area is 126 Å². The van der Waals surface area contributed by atoms with Gasteiger partial charge < -0.3 is 5.32 Å². The zero-order valence-corrected chi connectivity index (χ0v) is 12.5.